The van der Waals surface area contributed by atoms with E-state index in [1.807, 2.05) is 0 Å². The van der Waals surface area contributed by atoms with Crippen molar-refractivity contribution in [3.63, 3.8) is 0 Å². The fourth-order valence-corrected chi connectivity index (χ4v) is 3.30. The molecule has 1 saturated carbocycles. The van der Waals surface area contributed by atoms with Crippen LogP contribution in [0.15, 0.2) is 24.3 Å². The fraction of sp³-hybridized carbons (Fsp3) is 0.647. The minimum atomic E-state index is -0.152. The first-order valence-corrected chi connectivity index (χ1v) is 7.42. The normalized spacial score (nSPS) is 25.9. The fourth-order valence-electron chi connectivity index (χ4n) is 3.30. The highest BCUT2D eigenvalue weighted by Crippen LogP contribution is 2.33. The molecule has 1 nitrogen and oxygen atoms in total. The zero-order valence-corrected chi connectivity index (χ0v) is 11.7. The van der Waals surface area contributed by atoms with Crippen LogP contribution in [-0.2, 0) is 6.42 Å². The Balaban J connectivity index is 1.93. The van der Waals surface area contributed by atoms with Gasteiger partial charge in [-0.1, -0.05) is 56.0 Å². The summed E-state index contributed by atoms with van der Waals surface area (Å²) in [5.41, 5.74) is 2.57. The van der Waals surface area contributed by atoms with Crippen molar-refractivity contribution in [2.24, 2.45) is 11.8 Å². The standard InChI is InChI=1S/C17H26O/c1-3-14-7-5-9-16(11-14)17(18)12-15-8-4-6-13(2)10-15/h4,6,8,10,14,16-18H,3,5,7,9,11-12H2,1-2H3. The molecule has 0 aliphatic heterocycles. The topological polar surface area (TPSA) is 20.2 Å². The molecule has 1 aliphatic rings. The van der Waals surface area contributed by atoms with Gasteiger partial charge in [0.2, 0.25) is 0 Å². The zero-order chi connectivity index (χ0) is 13.0. The van der Waals surface area contributed by atoms with Crippen molar-refractivity contribution < 1.29 is 5.11 Å². The predicted octanol–water partition coefficient (Wildman–Crippen LogP) is 4.11. The van der Waals surface area contributed by atoms with Gasteiger partial charge in [0.15, 0.2) is 0 Å². The lowest BCUT2D eigenvalue weighted by atomic mass is 9.76. The molecule has 3 unspecified atom stereocenters. The smallest absolute Gasteiger partial charge is 0.0608 e. The Bertz CT molecular complexity index is 372. The summed E-state index contributed by atoms with van der Waals surface area (Å²) in [6.07, 6.45) is 7.04. The van der Waals surface area contributed by atoms with E-state index in [9.17, 15) is 5.11 Å². The van der Waals surface area contributed by atoms with E-state index in [0.29, 0.717) is 5.92 Å². The van der Waals surface area contributed by atoms with Crippen molar-refractivity contribution in [2.45, 2.75) is 58.5 Å². The van der Waals surface area contributed by atoms with E-state index < -0.39 is 0 Å². The molecule has 18 heavy (non-hydrogen) atoms. The lowest BCUT2D eigenvalue weighted by Gasteiger charge is -2.31. The third kappa shape index (κ3) is 3.58. The van der Waals surface area contributed by atoms with Crippen molar-refractivity contribution in [1.82, 2.24) is 0 Å². The van der Waals surface area contributed by atoms with Crippen molar-refractivity contribution in [2.75, 3.05) is 0 Å². The third-order valence-electron chi connectivity index (χ3n) is 4.47. The SMILES string of the molecule is CCC1CCCC(C(O)Cc2cccc(C)c2)C1. The number of aryl methyl sites for hydroxylation is 1. The highest BCUT2D eigenvalue weighted by molar-refractivity contribution is 5.22. The van der Waals surface area contributed by atoms with Gasteiger partial charge in [0.05, 0.1) is 6.10 Å². The Labute approximate surface area is 111 Å². The van der Waals surface area contributed by atoms with E-state index in [2.05, 4.69) is 38.1 Å². The summed E-state index contributed by atoms with van der Waals surface area (Å²) in [7, 11) is 0. The van der Waals surface area contributed by atoms with Crippen LogP contribution in [0.25, 0.3) is 0 Å². The first-order valence-electron chi connectivity index (χ1n) is 7.42. The molecule has 0 aromatic heterocycles. The molecular weight excluding hydrogens is 220 g/mol. The molecule has 2 rings (SSSR count). The van der Waals surface area contributed by atoms with Crippen LogP contribution in [0.4, 0.5) is 0 Å². The molecule has 1 aromatic carbocycles. The van der Waals surface area contributed by atoms with Gasteiger partial charge >= 0.3 is 0 Å². The molecule has 0 saturated heterocycles. The molecule has 0 spiro atoms. The number of hydrogen-bond donors (Lipinski definition) is 1. The molecule has 0 heterocycles. The van der Waals surface area contributed by atoms with Gasteiger partial charge in [-0.15, -0.1) is 0 Å². The number of rotatable bonds is 4. The van der Waals surface area contributed by atoms with Crippen LogP contribution in [-0.4, -0.2) is 11.2 Å². The van der Waals surface area contributed by atoms with E-state index in [4.69, 9.17) is 0 Å². The number of aliphatic hydroxyl groups excluding tert-OH is 1. The molecular formula is C17H26O. The zero-order valence-electron chi connectivity index (χ0n) is 11.7. The van der Waals surface area contributed by atoms with E-state index >= 15 is 0 Å². The number of hydrogen-bond acceptors (Lipinski definition) is 1. The monoisotopic (exact) mass is 246 g/mol. The van der Waals surface area contributed by atoms with Gasteiger partial charge in [0.25, 0.3) is 0 Å². The van der Waals surface area contributed by atoms with Crippen molar-refractivity contribution in [3.05, 3.63) is 35.4 Å². The first-order chi connectivity index (χ1) is 8.69. The van der Waals surface area contributed by atoms with Crippen LogP contribution >= 0.6 is 0 Å². The second-order valence-electron chi connectivity index (χ2n) is 5.96. The molecule has 1 aliphatic carbocycles. The number of benzene rings is 1. The second-order valence-corrected chi connectivity index (χ2v) is 5.96. The van der Waals surface area contributed by atoms with Crippen LogP contribution in [0.5, 0.6) is 0 Å². The molecule has 0 bridgehead atoms. The molecule has 1 heteroatoms. The Morgan fingerprint density at radius 3 is 2.89 bits per heavy atom. The van der Waals surface area contributed by atoms with Gasteiger partial charge < -0.3 is 5.11 Å². The molecule has 3 atom stereocenters. The van der Waals surface area contributed by atoms with Gasteiger partial charge in [0, 0.05) is 0 Å². The van der Waals surface area contributed by atoms with Gasteiger partial charge in [-0.05, 0) is 43.6 Å². The average Bonchev–Trinajstić information content (AvgIpc) is 2.39. The highest BCUT2D eigenvalue weighted by atomic mass is 16.3. The maximum atomic E-state index is 10.4. The van der Waals surface area contributed by atoms with E-state index in [1.165, 1.54) is 43.2 Å². The molecule has 100 valence electrons. The van der Waals surface area contributed by atoms with Crippen LogP contribution < -0.4 is 0 Å². The van der Waals surface area contributed by atoms with Crippen LogP contribution in [0, 0.1) is 18.8 Å². The quantitative estimate of drug-likeness (QED) is 0.847. The highest BCUT2D eigenvalue weighted by Gasteiger charge is 2.26. The number of aliphatic hydroxyl groups is 1. The molecule has 1 N–H and O–H groups in total. The molecule has 1 fully saturated rings. The lowest BCUT2D eigenvalue weighted by Crippen LogP contribution is -2.28. The van der Waals surface area contributed by atoms with Gasteiger partial charge in [0.1, 0.15) is 0 Å². The van der Waals surface area contributed by atoms with Crippen molar-refractivity contribution in [3.8, 4) is 0 Å². The van der Waals surface area contributed by atoms with Crippen molar-refractivity contribution in [1.29, 1.82) is 0 Å². The Kier molecular flexibility index (Phi) is 4.82. The van der Waals surface area contributed by atoms with Gasteiger partial charge in [-0.3, -0.25) is 0 Å². The average molecular weight is 246 g/mol. The largest absolute Gasteiger partial charge is 0.392 e. The van der Waals surface area contributed by atoms with E-state index in [-0.39, 0.29) is 6.10 Å². The minimum absolute atomic E-state index is 0.152. The minimum Gasteiger partial charge on any atom is -0.392 e. The molecule has 0 amide bonds. The summed E-state index contributed by atoms with van der Waals surface area (Å²) in [6.45, 7) is 4.39. The third-order valence-corrected chi connectivity index (χ3v) is 4.47. The summed E-state index contributed by atoms with van der Waals surface area (Å²) in [6, 6.07) is 8.54. The Morgan fingerprint density at radius 2 is 2.17 bits per heavy atom. The second kappa shape index (κ2) is 6.38. The van der Waals surface area contributed by atoms with Gasteiger partial charge in [-0.25, -0.2) is 0 Å². The van der Waals surface area contributed by atoms with Gasteiger partial charge in [-0.2, -0.15) is 0 Å². The maximum Gasteiger partial charge on any atom is 0.0608 e. The summed E-state index contributed by atoms with van der Waals surface area (Å²) in [5, 5.41) is 10.4. The summed E-state index contributed by atoms with van der Waals surface area (Å²) >= 11 is 0. The van der Waals surface area contributed by atoms with Crippen LogP contribution in [0.3, 0.4) is 0 Å². The summed E-state index contributed by atoms with van der Waals surface area (Å²) < 4.78 is 0. The van der Waals surface area contributed by atoms with E-state index in [1.54, 1.807) is 0 Å². The summed E-state index contributed by atoms with van der Waals surface area (Å²) in [4.78, 5) is 0. The van der Waals surface area contributed by atoms with Crippen molar-refractivity contribution >= 4 is 0 Å². The molecule has 0 radical (unpaired) electrons. The molecule has 1 aromatic rings. The Hall–Kier alpha value is -0.820. The Morgan fingerprint density at radius 1 is 1.33 bits per heavy atom. The summed E-state index contributed by atoms with van der Waals surface area (Å²) in [5.74, 6) is 1.36. The predicted molar refractivity (Wildman–Crippen MR) is 76.6 cm³/mol. The van der Waals surface area contributed by atoms with Crippen LogP contribution in [0.2, 0.25) is 0 Å². The van der Waals surface area contributed by atoms with E-state index in [0.717, 1.165) is 12.3 Å². The maximum absolute atomic E-state index is 10.4. The first kappa shape index (κ1) is 13.6. The van der Waals surface area contributed by atoms with Crippen LogP contribution in [0.1, 0.15) is 50.2 Å². The lowest BCUT2D eigenvalue weighted by molar-refractivity contribution is 0.0685.